The highest BCUT2D eigenvalue weighted by molar-refractivity contribution is 6.04. The normalized spacial score (nSPS) is 20.0. The van der Waals surface area contributed by atoms with Crippen molar-refractivity contribution in [2.45, 2.75) is 46.1 Å². The number of hydrogen-bond donors (Lipinski definition) is 1. The number of rotatable bonds is 4. The van der Waals surface area contributed by atoms with E-state index in [2.05, 4.69) is 5.32 Å². The van der Waals surface area contributed by atoms with Crippen LogP contribution in [-0.4, -0.2) is 11.8 Å². The highest BCUT2D eigenvalue weighted by Gasteiger charge is 2.43. The molecule has 2 aromatic carbocycles. The van der Waals surface area contributed by atoms with Crippen molar-refractivity contribution in [3.63, 3.8) is 0 Å². The second-order valence-corrected chi connectivity index (χ2v) is 9.17. The summed E-state index contributed by atoms with van der Waals surface area (Å²) in [6, 6.07) is 12.7. The van der Waals surface area contributed by atoms with Gasteiger partial charge in [-0.15, -0.1) is 0 Å². The van der Waals surface area contributed by atoms with E-state index in [-0.39, 0.29) is 23.4 Å². The average Bonchev–Trinajstić information content (AvgIpc) is 2.73. The number of halogens is 2. The number of allylic oxidation sites excluding steroid dienone is 3. The van der Waals surface area contributed by atoms with Crippen LogP contribution in [0.4, 0.5) is 8.78 Å². The van der Waals surface area contributed by atoms with Gasteiger partial charge < -0.3 is 10.1 Å². The summed E-state index contributed by atoms with van der Waals surface area (Å²) in [6.45, 7) is 5.81. The first-order valence-corrected chi connectivity index (χ1v) is 10.6. The number of ketones is 1. The lowest BCUT2D eigenvalue weighted by atomic mass is 9.68. The number of esters is 1. The molecule has 1 atom stereocenters. The molecular formula is C26H25F2NO3. The monoisotopic (exact) mass is 437 g/mol. The van der Waals surface area contributed by atoms with Gasteiger partial charge in [-0.1, -0.05) is 50.2 Å². The largest absolute Gasteiger partial charge is 0.457 e. The van der Waals surface area contributed by atoms with E-state index in [4.69, 9.17) is 4.74 Å². The van der Waals surface area contributed by atoms with E-state index in [0.29, 0.717) is 29.7 Å². The molecule has 6 heteroatoms. The van der Waals surface area contributed by atoms with E-state index in [0.717, 1.165) is 23.4 Å². The van der Waals surface area contributed by atoms with Gasteiger partial charge in [0.2, 0.25) is 0 Å². The molecule has 2 aliphatic rings. The van der Waals surface area contributed by atoms with Crippen LogP contribution in [0.5, 0.6) is 0 Å². The van der Waals surface area contributed by atoms with Crippen LogP contribution >= 0.6 is 0 Å². The third-order valence-corrected chi connectivity index (χ3v) is 5.95. The van der Waals surface area contributed by atoms with Crippen molar-refractivity contribution in [1.82, 2.24) is 5.32 Å². The Morgan fingerprint density at radius 2 is 1.81 bits per heavy atom. The zero-order valence-corrected chi connectivity index (χ0v) is 18.3. The van der Waals surface area contributed by atoms with Crippen molar-refractivity contribution in [1.29, 1.82) is 0 Å². The Labute approximate surface area is 186 Å². The van der Waals surface area contributed by atoms with Gasteiger partial charge in [0.1, 0.15) is 6.61 Å². The molecule has 0 fully saturated rings. The molecule has 166 valence electrons. The fraction of sp³-hybridized carbons (Fsp3) is 0.308. The van der Waals surface area contributed by atoms with Crippen LogP contribution in [0.15, 0.2) is 71.1 Å². The van der Waals surface area contributed by atoms with Crippen molar-refractivity contribution < 1.29 is 23.1 Å². The summed E-state index contributed by atoms with van der Waals surface area (Å²) in [5.41, 5.74) is 2.85. The molecule has 1 unspecified atom stereocenters. The Morgan fingerprint density at radius 1 is 1.09 bits per heavy atom. The fourth-order valence-electron chi connectivity index (χ4n) is 4.53. The van der Waals surface area contributed by atoms with Crippen LogP contribution in [0, 0.1) is 17.0 Å². The van der Waals surface area contributed by atoms with Crippen LogP contribution in [0.25, 0.3) is 0 Å². The van der Waals surface area contributed by atoms with Crippen molar-refractivity contribution in [3.8, 4) is 0 Å². The zero-order chi connectivity index (χ0) is 23.0. The maximum absolute atomic E-state index is 14.1. The van der Waals surface area contributed by atoms with Gasteiger partial charge in [-0.2, -0.15) is 0 Å². The molecule has 0 spiro atoms. The van der Waals surface area contributed by atoms with Gasteiger partial charge in [-0.3, -0.25) is 4.79 Å². The SMILES string of the molecule is CC1=C(C(=O)OCc2ccccc2)C(c2ccc(F)c(F)c2)C2=C(CC(C)(C)CC2=O)N1. The summed E-state index contributed by atoms with van der Waals surface area (Å²) in [4.78, 5) is 26.4. The van der Waals surface area contributed by atoms with E-state index in [1.807, 2.05) is 44.2 Å². The molecule has 0 saturated carbocycles. The standard InChI is InChI=1S/C26H25F2NO3/c1-15-22(25(31)32-14-16-7-5-4-6-8-16)23(17-9-10-18(27)19(28)11-17)24-20(29-15)12-26(2,3)13-21(24)30/h4-11,23,29H,12-14H2,1-3H3. The zero-order valence-electron chi connectivity index (χ0n) is 18.3. The van der Waals surface area contributed by atoms with Gasteiger partial charge in [0.05, 0.1) is 5.57 Å². The second-order valence-electron chi connectivity index (χ2n) is 9.17. The minimum absolute atomic E-state index is 0.0633. The molecule has 0 aromatic heterocycles. The molecule has 0 amide bonds. The molecule has 4 nitrogen and oxygen atoms in total. The Bertz CT molecular complexity index is 1150. The Hall–Kier alpha value is -3.28. The van der Waals surface area contributed by atoms with Gasteiger partial charge in [0.15, 0.2) is 17.4 Å². The molecule has 32 heavy (non-hydrogen) atoms. The summed E-state index contributed by atoms with van der Waals surface area (Å²) in [5.74, 6) is -3.55. The molecule has 1 aliphatic heterocycles. The molecule has 1 N–H and O–H groups in total. The quantitative estimate of drug-likeness (QED) is 0.659. The van der Waals surface area contributed by atoms with Crippen molar-refractivity contribution in [2.24, 2.45) is 5.41 Å². The van der Waals surface area contributed by atoms with E-state index in [9.17, 15) is 18.4 Å². The Morgan fingerprint density at radius 3 is 2.50 bits per heavy atom. The first-order valence-electron chi connectivity index (χ1n) is 10.6. The Balaban J connectivity index is 1.76. The lowest BCUT2D eigenvalue weighted by Crippen LogP contribution is -2.38. The van der Waals surface area contributed by atoms with Crippen LogP contribution in [0.2, 0.25) is 0 Å². The molecule has 1 aliphatic carbocycles. The number of carbonyl (C=O) groups is 2. The van der Waals surface area contributed by atoms with E-state index in [1.54, 1.807) is 6.92 Å². The minimum Gasteiger partial charge on any atom is -0.457 e. The third kappa shape index (κ3) is 4.22. The van der Waals surface area contributed by atoms with Crippen molar-refractivity contribution >= 4 is 11.8 Å². The Kier molecular flexibility index (Phi) is 5.71. The van der Waals surface area contributed by atoms with Crippen LogP contribution < -0.4 is 5.32 Å². The van der Waals surface area contributed by atoms with Crippen LogP contribution in [0.3, 0.4) is 0 Å². The number of carbonyl (C=O) groups excluding carboxylic acids is 2. The van der Waals surface area contributed by atoms with Crippen LogP contribution in [0.1, 0.15) is 50.7 Å². The molecule has 0 bridgehead atoms. The van der Waals surface area contributed by atoms with E-state index >= 15 is 0 Å². The number of ether oxygens (including phenoxy) is 1. The van der Waals surface area contributed by atoms with Crippen molar-refractivity contribution in [3.05, 3.63) is 93.8 Å². The highest BCUT2D eigenvalue weighted by atomic mass is 19.2. The molecule has 0 radical (unpaired) electrons. The lowest BCUT2D eigenvalue weighted by Gasteiger charge is -2.39. The smallest absolute Gasteiger partial charge is 0.337 e. The van der Waals surface area contributed by atoms with Gasteiger partial charge in [-0.25, -0.2) is 13.6 Å². The predicted octanol–water partition coefficient (Wildman–Crippen LogP) is 5.31. The number of Topliss-reactive ketones (excluding diaryl/α,β-unsaturated/α-hetero) is 1. The minimum atomic E-state index is -1.03. The fourth-order valence-corrected chi connectivity index (χ4v) is 4.53. The summed E-state index contributed by atoms with van der Waals surface area (Å²) >= 11 is 0. The molecular weight excluding hydrogens is 412 g/mol. The maximum atomic E-state index is 14.1. The molecule has 2 aromatic rings. The number of benzene rings is 2. The number of dihydropyridines is 1. The summed E-state index contributed by atoms with van der Waals surface area (Å²) in [7, 11) is 0. The maximum Gasteiger partial charge on any atom is 0.337 e. The molecule has 0 saturated heterocycles. The topological polar surface area (TPSA) is 55.4 Å². The number of hydrogen-bond acceptors (Lipinski definition) is 4. The van der Waals surface area contributed by atoms with Gasteiger partial charge in [-0.05, 0) is 42.0 Å². The third-order valence-electron chi connectivity index (χ3n) is 5.95. The molecule has 4 rings (SSSR count). The van der Waals surface area contributed by atoms with Gasteiger partial charge in [0, 0.05) is 29.3 Å². The predicted molar refractivity (Wildman–Crippen MR) is 116 cm³/mol. The highest BCUT2D eigenvalue weighted by Crippen LogP contribution is 2.47. The van der Waals surface area contributed by atoms with E-state index < -0.39 is 23.5 Å². The van der Waals surface area contributed by atoms with E-state index in [1.165, 1.54) is 6.07 Å². The van der Waals surface area contributed by atoms with Crippen LogP contribution in [-0.2, 0) is 20.9 Å². The summed E-state index contributed by atoms with van der Waals surface area (Å²) < 4.78 is 33.4. The summed E-state index contributed by atoms with van der Waals surface area (Å²) in [6.07, 6.45) is 0.914. The first-order chi connectivity index (χ1) is 15.2. The van der Waals surface area contributed by atoms with Gasteiger partial charge >= 0.3 is 5.97 Å². The van der Waals surface area contributed by atoms with Gasteiger partial charge in [0.25, 0.3) is 0 Å². The van der Waals surface area contributed by atoms with Crippen molar-refractivity contribution in [2.75, 3.05) is 0 Å². The number of nitrogens with one attached hydrogen (secondary N) is 1. The first kappa shape index (κ1) is 21.9. The average molecular weight is 437 g/mol. The lowest BCUT2D eigenvalue weighted by molar-refractivity contribution is -0.140. The molecule has 1 heterocycles. The second kappa shape index (κ2) is 8.34. The summed E-state index contributed by atoms with van der Waals surface area (Å²) in [5, 5.41) is 3.23.